The van der Waals surface area contributed by atoms with Crippen molar-refractivity contribution < 1.29 is 24.3 Å². The van der Waals surface area contributed by atoms with Gasteiger partial charge in [0.25, 0.3) is 0 Å². The molecule has 0 saturated heterocycles. The summed E-state index contributed by atoms with van der Waals surface area (Å²) in [5.41, 5.74) is 16.9. The van der Waals surface area contributed by atoms with Crippen LogP contribution in [0.1, 0.15) is 19.3 Å². The van der Waals surface area contributed by atoms with Gasteiger partial charge in [0.2, 0.25) is 0 Å². The van der Waals surface area contributed by atoms with E-state index >= 15 is 0 Å². The minimum absolute atomic E-state index is 0. The summed E-state index contributed by atoms with van der Waals surface area (Å²) in [7, 11) is -0.710. The van der Waals surface area contributed by atoms with Crippen molar-refractivity contribution in [3.8, 4) is 0 Å². The second-order valence-electron chi connectivity index (χ2n) is 11.9. The van der Waals surface area contributed by atoms with Gasteiger partial charge in [0.05, 0.1) is 0 Å². The van der Waals surface area contributed by atoms with Crippen molar-refractivity contribution in [3.05, 3.63) is 182 Å². The van der Waals surface area contributed by atoms with Gasteiger partial charge in [-0.05, 0) is 113 Å². The Morgan fingerprint density at radius 2 is 0.463 bits per heavy atom. The van der Waals surface area contributed by atoms with E-state index in [4.69, 9.17) is 22.0 Å². The first-order valence-corrected chi connectivity index (χ1v) is 22.8. The van der Waals surface area contributed by atoms with Crippen molar-refractivity contribution in [1.82, 2.24) is 0 Å². The largest absolute Gasteiger partial charge is 0.330 e. The molecule has 1 radical (unpaired) electrons. The van der Waals surface area contributed by atoms with Crippen LogP contribution in [-0.4, -0.2) is 44.9 Å². The first kappa shape index (κ1) is 46.9. The van der Waals surface area contributed by atoms with Gasteiger partial charge < -0.3 is 22.0 Å². The zero-order valence-corrected chi connectivity index (χ0v) is 35.5. The van der Waals surface area contributed by atoms with Gasteiger partial charge >= 0.3 is 0 Å². The van der Waals surface area contributed by atoms with Crippen LogP contribution < -0.4 is 49.0 Å². The van der Waals surface area contributed by atoms with Crippen molar-refractivity contribution in [3.63, 3.8) is 0 Å². The Labute approximate surface area is 341 Å². The van der Waals surface area contributed by atoms with Crippen LogP contribution >= 0.6 is 23.8 Å². The molecule has 0 aliphatic carbocycles. The van der Waals surface area contributed by atoms with Crippen molar-refractivity contribution in [2.45, 2.75) is 19.3 Å². The van der Waals surface area contributed by atoms with Gasteiger partial charge in [0.1, 0.15) is 6.79 Å². The summed E-state index contributed by atoms with van der Waals surface area (Å²) in [5, 5.41) is 8.68. The average Bonchev–Trinajstić information content (AvgIpc) is 3.25. The predicted molar refractivity (Wildman–Crippen MR) is 240 cm³/mol. The van der Waals surface area contributed by atoms with Crippen LogP contribution in [0.4, 0.5) is 0 Å². The van der Waals surface area contributed by atoms with Crippen LogP contribution in [0.15, 0.2) is 182 Å². The molecule has 0 unspecified atom stereocenters. The van der Waals surface area contributed by atoms with Gasteiger partial charge in [-0.2, -0.15) is 0 Å². The fourth-order valence-corrected chi connectivity index (χ4v) is 12.7. The summed E-state index contributed by atoms with van der Waals surface area (Å²) in [6.07, 6.45) is 6.82. The fraction of sp³-hybridized carbons (Fsp3) is 0.196. The molecule has 0 aromatic heterocycles. The summed E-state index contributed by atoms with van der Waals surface area (Å²) in [5.74, 6) is 0. The van der Waals surface area contributed by atoms with E-state index < -0.39 is 0 Å². The molecule has 0 heterocycles. The Morgan fingerprint density at radius 3 is 0.593 bits per heavy atom. The van der Waals surface area contributed by atoms with Gasteiger partial charge in [0.15, 0.2) is 0 Å². The van der Waals surface area contributed by atoms with E-state index in [1.54, 1.807) is 0 Å². The molecule has 6 aromatic carbocycles. The van der Waals surface area contributed by atoms with Crippen LogP contribution in [0.25, 0.3) is 0 Å². The van der Waals surface area contributed by atoms with Crippen LogP contribution in [0.5, 0.6) is 0 Å². The maximum absolute atomic E-state index is 8.00. The number of carbonyl (C=O) groups excluding carboxylic acids is 1. The smallest absolute Gasteiger partial charge is 0.106 e. The maximum atomic E-state index is 8.00. The predicted octanol–water partition coefficient (Wildman–Crippen LogP) is 7.22. The Balaban J connectivity index is 0.000000271. The number of hydrogen-bond donors (Lipinski definition) is 3. The Hall–Kier alpha value is -3.22. The average molecular weight is 863 g/mol. The molecule has 54 heavy (non-hydrogen) atoms. The standard InChI is InChI=1S/3C15H18NP.CH2O.Rh/c3*16-12-7-13-17(14-8-3-1-4-9-14)15-10-5-2-6-11-15;1-2;/h3*1-6,8-11H,7,12-13,16H2;1H2;. The Kier molecular flexibility index (Phi) is 26.1. The molecule has 0 spiro atoms. The zero-order valence-electron chi connectivity index (χ0n) is 31.2. The molecule has 6 rings (SSSR count). The van der Waals surface area contributed by atoms with Crippen LogP contribution in [0.3, 0.4) is 0 Å². The molecule has 0 saturated carbocycles. The van der Waals surface area contributed by atoms with E-state index in [9.17, 15) is 0 Å². The molecule has 0 amide bonds. The SMILES string of the molecule is C=O.NCCCP(c1ccccc1)c1ccccc1.NCCCP(c1ccccc1)c1ccccc1.NCCCP(c1ccccc1)c1ccccc1.[Rh]. The molecule has 0 aliphatic heterocycles. The van der Waals surface area contributed by atoms with Crippen molar-refractivity contribution >= 4 is 62.4 Å². The normalized spacial score (nSPS) is 10.2. The summed E-state index contributed by atoms with van der Waals surface area (Å²) in [6.45, 7) is 4.33. The molecule has 6 aromatic rings. The monoisotopic (exact) mass is 862 g/mol. The molecule has 8 heteroatoms. The fourth-order valence-electron chi connectivity index (χ4n) is 5.62. The van der Waals surface area contributed by atoms with E-state index in [2.05, 4.69) is 182 Å². The van der Waals surface area contributed by atoms with Gasteiger partial charge in [-0.15, -0.1) is 0 Å². The quantitative estimate of drug-likeness (QED) is 0.0752. The molecular formula is C46H56N3OP3Rh. The summed E-state index contributed by atoms with van der Waals surface area (Å²) in [4.78, 5) is 8.00. The van der Waals surface area contributed by atoms with E-state index in [1.807, 2.05) is 6.79 Å². The topological polar surface area (TPSA) is 95.1 Å². The first-order valence-electron chi connectivity index (χ1n) is 18.3. The molecular weight excluding hydrogens is 806 g/mol. The van der Waals surface area contributed by atoms with Crippen molar-refractivity contribution in [2.75, 3.05) is 38.1 Å². The molecule has 0 aliphatic rings. The zero-order chi connectivity index (χ0) is 37.8. The van der Waals surface area contributed by atoms with Gasteiger partial charge in [0, 0.05) is 19.5 Å². The second kappa shape index (κ2) is 30.1. The molecule has 0 atom stereocenters. The van der Waals surface area contributed by atoms with Crippen LogP contribution in [-0.2, 0) is 24.3 Å². The van der Waals surface area contributed by atoms with E-state index in [-0.39, 0.29) is 43.2 Å². The van der Waals surface area contributed by atoms with Crippen molar-refractivity contribution in [1.29, 1.82) is 0 Å². The van der Waals surface area contributed by atoms with Crippen molar-refractivity contribution in [2.24, 2.45) is 17.2 Å². The first-order chi connectivity index (χ1) is 26.2. The van der Waals surface area contributed by atoms with Gasteiger partial charge in [-0.3, -0.25) is 0 Å². The van der Waals surface area contributed by atoms with E-state index in [1.165, 1.54) is 50.3 Å². The van der Waals surface area contributed by atoms with Crippen LogP contribution in [0.2, 0.25) is 0 Å². The van der Waals surface area contributed by atoms with Gasteiger partial charge in [-0.1, -0.05) is 182 Å². The Morgan fingerprint density at radius 1 is 0.315 bits per heavy atom. The number of benzene rings is 6. The molecule has 0 bridgehead atoms. The third-order valence-electron chi connectivity index (χ3n) is 8.16. The number of hydrogen-bond acceptors (Lipinski definition) is 4. The Bertz CT molecular complexity index is 1400. The van der Waals surface area contributed by atoms with E-state index in [0.717, 1.165) is 38.9 Å². The third-order valence-corrected chi connectivity index (χ3v) is 16.0. The summed E-state index contributed by atoms with van der Waals surface area (Å²) in [6, 6.07) is 64.7. The number of rotatable bonds is 15. The van der Waals surface area contributed by atoms with E-state index in [0.29, 0.717) is 0 Å². The molecule has 4 nitrogen and oxygen atoms in total. The molecule has 0 fully saturated rings. The van der Waals surface area contributed by atoms with Crippen LogP contribution in [0, 0.1) is 0 Å². The minimum atomic E-state index is -0.237. The maximum Gasteiger partial charge on any atom is 0.106 e. The number of carbonyl (C=O) groups is 1. The summed E-state index contributed by atoms with van der Waals surface area (Å²) >= 11 is 0. The minimum Gasteiger partial charge on any atom is -0.330 e. The number of nitrogens with two attached hydrogens (primary N) is 3. The summed E-state index contributed by atoms with van der Waals surface area (Å²) < 4.78 is 0. The molecule has 6 N–H and O–H groups in total. The second-order valence-corrected chi connectivity index (χ2v) is 18.9. The van der Waals surface area contributed by atoms with Gasteiger partial charge in [-0.25, -0.2) is 0 Å². The molecule has 285 valence electrons. The third kappa shape index (κ3) is 17.1.